The third-order valence-electron chi connectivity index (χ3n) is 20.9. The monoisotopic (exact) mass is 1490 g/mol. The van der Waals surface area contributed by atoms with Crippen molar-refractivity contribution in [3.8, 4) is 66.4 Å². The van der Waals surface area contributed by atoms with Gasteiger partial charge in [-0.15, -0.1) is 11.3 Å². The first-order valence-corrected chi connectivity index (χ1v) is 51.5. The van der Waals surface area contributed by atoms with Crippen molar-refractivity contribution in [2.45, 2.75) is 34.5 Å². The van der Waals surface area contributed by atoms with Gasteiger partial charge in [-0.2, -0.15) is 0 Å². The van der Waals surface area contributed by atoms with Crippen LogP contribution in [0.2, 0.25) is 34.5 Å². The van der Waals surface area contributed by atoms with E-state index in [0.29, 0.717) is 11.1 Å². The quantitative estimate of drug-likeness (QED) is 0.0656. The van der Waals surface area contributed by atoms with Gasteiger partial charge in [0, 0.05) is 9.75 Å². The van der Waals surface area contributed by atoms with Gasteiger partial charge in [0.1, 0.15) is 0 Å². The van der Waals surface area contributed by atoms with Gasteiger partial charge in [-0.3, -0.25) is 0 Å². The molecule has 500 valence electrons. The van der Waals surface area contributed by atoms with Gasteiger partial charge in [0.15, 0.2) is 0 Å². The van der Waals surface area contributed by atoms with E-state index in [1.54, 1.807) is 0 Å². The van der Waals surface area contributed by atoms with E-state index in [9.17, 15) is 10.5 Å². The summed E-state index contributed by atoms with van der Waals surface area (Å²) in [4.78, 5) is 7.26. The molecule has 105 heavy (non-hydrogen) atoms. The van der Waals surface area contributed by atoms with Crippen molar-refractivity contribution in [2.24, 2.45) is 0 Å². The smallest absolute Gasteiger partial charge is 0.0349 e. The van der Waals surface area contributed by atoms with Gasteiger partial charge in [0.25, 0.3) is 0 Å². The van der Waals surface area contributed by atoms with Gasteiger partial charge in [-0.1, -0.05) is 176 Å². The van der Waals surface area contributed by atoms with E-state index in [1.165, 1.54) is 133 Å². The van der Waals surface area contributed by atoms with Crippen LogP contribution in [0.15, 0.2) is 340 Å². The van der Waals surface area contributed by atoms with Crippen molar-refractivity contribution < 1.29 is 0 Å². The summed E-state index contributed by atoms with van der Waals surface area (Å²) >= 11 is -2.36. The second kappa shape index (κ2) is 27.4. The molecule has 0 aliphatic rings. The van der Waals surface area contributed by atoms with Crippen LogP contribution in [0, 0.1) is 22.7 Å². The molecule has 18 aromatic rings. The summed E-state index contributed by atoms with van der Waals surface area (Å²) in [5.74, 6) is 14.6. The Hall–Kier alpha value is -11.8. The van der Waals surface area contributed by atoms with Crippen LogP contribution in [0.4, 0.5) is 34.1 Å². The molecule has 0 spiro atoms. The zero-order valence-corrected chi connectivity index (χ0v) is 64.5. The molecule has 0 atom stereocenters. The van der Waals surface area contributed by atoms with Crippen LogP contribution >= 0.6 is 11.3 Å². The molecule has 7 heteroatoms. The fourth-order valence-corrected chi connectivity index (χ4v) is 21.5. The van der Waals surface area contributed by atoms with Gasteiger partial charge in [0.2, 0.25) is 0 Å². The van der Waals surface area contributed by atoms with Crippen molar-refractivity contribution in [1.82, 2.24) is 0 Å². The van der Waals surface area contributed by atoms with Gasteiger partial charge in [0.05, 0.1) is 0 Å². The summed E-state index contributed by atoms with van der Waals surface area (Å²) in [6.07, 6.45) is 0. The largest absolute Gasteiger partial charge is 0.135 e. The summed E-state index contributed by atoms with van der Waals surface area (Å²) < 4.78 is 2.90. The Morgan fingerprint density at radius 3 is 1.22 bits per heavy atom. The maximum Gasteiger partial charge on any atom is 0.0349 e. The summed E-state index contributed by atoms with van der Waals surface area (Å²) in [6, 6.07) is 128. The molecule has 0 N–H and O–H groups in total. The maximum atomic E-state index is 9.63. The molecule has 1 heterocycles. The molecule has 18 rings (SSSR count). The maximum absolute atomic E-state index is 9.63. The molecular formula is C98H74Ge2N4S. The summed E-state index contributed by atoms with van der Waals surface area (Å²) in [5, 5.41) is 36.5. The Balaban J connectivity index is 0.000000155. The van der Waals surface area contributed by atoms with Crippen LogP contribution < -0.4 is 18.6 Å². The summed E-state index contributed by atoms with van der Waals surface area (Å²) in [5.41, 5.74) is 17.8. The Morgan fingerprint density at radius 2 is 0.676 bits per heavy atom. The number of benzene rings is 17. The van der Waals surface area contributed by atoms with E-state index in [4.69, 9.17) is 0 Å². The van der Waals surface area contributed by atoms with Crippen LogP contribution in [0.25, 0.3) is 130 Å². The van der Waals surface area contributed by atoms with Crippen LogP contribution in [-0.4, -0.2) is 26.5 Å². The van der Waals surface area contributed by atoms with Crippen LogP contribution in [0.3, 0.4) is 0 Å². The standard InChI is InChI=1S/C50H32S.C48H42Ge2N4/c1-2-15-34(16-3-1)47-30-31-48(51-47)36-19-12-18-35(32-36)38-28-29-46(40-22-7-6-21-39(38)40)50-44-25-10-8-23-42(44)49(43-24-9-11-26-45(43)50)41-27-13-17-33-14-4-5-20-37(33)41;1-49(2,3)37-18-24-41(25-19-37)53(39-20-10-33(31-51)11-21-39)45-28-16-35-15-27-44-46(29-17-36-14-26-43(45)47(35)48(36)44)54(40-22-12-34(32-52)13-23-40)42-9-7-8-38(30-42)50(4,5)6/h1-32H;7-30H,1-6H3. The molecule has 0 amide bonds. The first-order valence-electron chi connectivity index (χ1n) is 36.0. The molecular weight excluding hydrogens is 1410 g/mol. The van der Waals surface area contributed by atoms with E-state index < -0.39 is 26.5 Å². The van der Waals surface area contributed by atoms with Crippen LogP contribution in [0.5, 0.6) is 0 Å². The zero-order chi connectivity index (χ0) is 71.5. The van der Waals surface area contributed by atoms with Crippen molar-refractivity contribution in [1.29, 1.82) is 10.5 Å². The topological polar surface area (TPSA) is 54.1 Å². The molecule has 0 saturated heterocycles. The molecule has 4 nitrogen and oxygen atoms in total. The Labute approximate surface area is 623 Å². The number of anilines is 6. The van der Waals surface area contributed by atoms with Gasteiger partial charge in [-0.05, 0) is 106 Å². The minimum absolute atomic E-state index is 0.640. The predicted octanol–water partition coefficient (Wildman–Crippen LogP) is 27.1. The second-order valence-corrected chi connectivity index (χ2v) is 51.8. The van der Waals surface area contributed by atoms with Crippen molar-refractivity contribution in [3.05, 3.63) is 351 Å². The summed E-state index contributed by atoms with van der Waals surface area (Å²) in [7, 11) is 0. The minimum Gasteiger partial charge on any atom is -0.135 e. The number of nitriles is 2. The first-order chi connectivity index (χ1) is 51.3. The van der Waals surface area contributed by atoms with Crippen molar-refractivity contribution in [2.75, 3.05) is 9.80 Å². The van der Waals surface area contributed by atoms with E-state index in [-0.39, 0.29) is 0 Å². The first kappa shape index (κ1) is 66.4. The molecule has 0 bridgehead atoms. The number of hydrogen-bond acceptors (Lipinski definition) is 5. The van der Waals surface area contributed by atoms with E-state index >= 15 is 0 Å². The van der Waals surface area contributed by atoms with Crippen LogP contribution in [-0.2, 0) is 0 Å². The Bertz CT molecular complexity index is 6390. The third-order valence-corrected chi connectivity index (χ3v) is 30.7. The molecule has 0 aliphatic heterocycles. The number of thiophene rings is 1. The van der Waals surface area contributed by atoms with Crippen molar-refractivity contribution >= 4 is 156 Å². The molecule has 0 aliphatic carbocycles. The van der Waals surface area contributed by atoms with Gasteiger partial charge in [-0.25, -0.2) is 0 Å². The second-order valence-electron chi connectivity index (χ2n) is 29.4. The zero-order valence-electron chi connectivity index (χ0n) is 59.5. The number of nitrogens with zero attached hydrogens (tertiary/aromatic N) is 4. The number of fused-ring (bicyclic) bond motifs is 4. The third kappa shape index (κ3) is 12.4. The summed E-state index contributed by atoms with van der Waals surface area (Å²) in [6.45, 7) is 0. The average molecular weight is 1480 g/mol. The molecule has 17 aromatic carbocycles. The molecule has 0 saturated carbocycles. The van der Waals surface area contributed by atoms with Crippen LogP contribution in [0.1, 0.15) is 11.1 Å². The SMILES string of the molecule is [CH3][Ge]([CH3])([CH3])[c]1ccc(N(c2ccc(C#N)cc2)c2ccc3ccc4c(N(c5ccc(C#N)cc5)c5ccc[c]([Ge]([CH3])([CH3])[CH3])c5)ccc5ccc2c3c54)cc1.c1ccc(-c2ccc(-c3cccc(-c4ccc(-c5c6ccccc6c(-c6cccc7ccccc67)c6ccccc56)c5ccccc45)c3)s2)cc1. The Morgan fingerprint density at radius 1 is 0.267 bits per heavy atom. The fourth-order valence-electron chi connectivity index (χ4n) is 15.6. The molecule has 0 fully saturated rings. The van der Waals surface area contributed by atoms with Gasteiger partial charge >= 0.3 is 325 Å². The van der Waals surface area contributed by atoms with Gasteiger partial charge < -0.3 is 0 Å². The van der Waals surface area contributed by atoms with E-state index in [2.05, 4.69) is 372 Å². The van der Waals surface area contributed by atoms with E-state index in [1.807, 2.05) is 35.6 Å². The Kier molecular flexibility index (Phi) is 17.3. The average Bonchev–Trinajstić information content (AvgIpc) is 0.968. The minimum atomic E-state index is -2.17. The fraction of sp³-hybridized carbons (Fsp3) is 0.0612. The molecule has 0 radical (unpaired) electrons. The normalized spacial score (nSPS) is 11.7. The number of hydrogen-bond donors (Lipinski definition) is 0. The predicted molar refractivity (Wildman–Crippen MR) is 456 cm³/mol. The number of rotatable bonds is 13. The van der Waals surface area contributed by atoms with E-state index in [0.717, 1.165) is 39.5 Å². The van der Waals surface area contributed by atoms with Crippen molar-refractivity contribution in [3.63, 3.8) is 0 Å². The molecule has 1 aromatic heterocycles. The molecule has 0 unspecified atom stereocenters.